The second-order valence-electron chi connectivity index (χ2n) is 8.01. The molecule has 0 saturated carbocycles. The van der Waals surface area contributed by atoms with Crippen molar-refractivity contribution in [2.75, 3.05) is 6.54 Å². The second kappa shape index (κ2) is 12.9. The summed E-state index contributed by atoms with van der Waals surface area (Å²) in [5, 5.41) is 10.3. The first-order valence-corrected chi connectivity index (χ1v) is 11.1. The highest BCUT2D eigenvalue weighted by atomic mass is 16.3. The predicted octanol–water partition coefficient (Wildman–Crippen LogP) is 5.42. The minimum atomic E-state index is -0.503. The summed E-state index contributed by atoms with van der Waals surface area (Å²) < 4.78 is 0. The van der Waals surface area contributed by atoms with Crippen molar-refractivity contribution in [2.45, 2.75) is 103 Å². The summed E-state index contributed by atoms with van der Waals surface area (Å²) in [5.74, 6) is 0.0878. The van der Waals surface area contributed by atoms with Crippen LogP contribution in [0.1, 0.15) is 102 Å². The van der Waals surface area contributed by atoms with Crippen molar-refractivity contribution in [3.05, 3.63) is 30.1 Å². The van der Waals surface area contributed by atoms with Gasteiger partial charge in [0, 0.05) is 18.9 Å². The van der Waals surface area contributed by atoms with Gasteiger partial charge in [0.25, 0.3) is 0 Å². The quantitative estimate of drug-likeness (QED) is 0.469. The molecule has 2 heterocycles. The number of aromatic nitrogens is 1. The molecule has 0 bridgehead atoms. The molecule has 2 rings (SSSR count). The first kappa shape index (κ1) is 21.9. The molecule has 27 heavy (non-hydrogen) atoms. The third-order valence-corrected chi connectivity index (χ3v) is 5.69. The number of carbonyl (C=O) groups is 1. The molecular formula is C23H38N2O2. The monoisotopic (exact) mass is 374 g/mol. The molecule has 1 aromatic heterocycles. The molecule has 1 fully saturated rings. The van der Waals surface area contributed by atoms with Crippen molar-refractivity contribution >= 4 is 5.91 Å². The van der Waals surface area contributed by atoms with Crippen LogP contribution in [0.3, 0.4) is 0 Å². The van der Waals surface area contributed by atoms with E-state index in [1.165, 1.54) is 51.4 Å². The van der Waals surface area contributed by atoms with E-state index in [-0.39, 0.29) is 18.4 Å². The third kappa shape index (κ3) is 8.00. The van der Waals surface area contributed by atoms with Crippen molar-refractivity contribution in [1.82, 2.24) is 9.88 Å². The van der Waals surface area contributed by atoms with Gasteiger partial charge in [-0.1, -0.05) is 70.8 Å². The Hall–Kier alpha value is -1.42. The zero-order chi connectivity index (χ0) is 19.3. The molecule has 1 aliphatic heterocycles. The van der Waals surface area contributed by atoms with Crippen molar-refractivity contribution < 1.29 is 9.90 Å². The van der Waals surface area contributed by atoms with Crippen molar-refractivity contribution in [3.63, 3.8) is 0 Å². The van der Waals surface area contributed by atoms with E-state index >= 15 is 0 Å². The van der Waals surface area contributed by atoms with Crippen molar-refractivity contribution in [1.29, 1.82) is 0 Å². The number of nitrogens with zero attached hydrogens (tertiary/aromatic N) is 2. The number of aliphatic hydroxyl groups excluding tert-OH is 1. The molecule has 1 aliphatic rings. The number of unbranched alkanes of at least 4 members (excludes halogenated alkanes) is 8. The molecule has 1 saturated heterocycles. The van der Waals surface area contributed by atoms with E-state index in [0.717, 1.165) is 37.8 Å². The molecule has 0 aliphatic carbocycles. The Morgan fingerprint density at radius 2 is 1.89 bits per heavy atom. The molecule has 0 spiro atoms. The fourth-order valence-electron chi connectivity index (χ4n) is 4.10. The number of aliphatic hydroxyl groups is 1. The summed E-state index contributed by atoms with van der Waals surface area (Å²) in [6.45, 7) is 3.04. The van der Waals surface area contributed by atoms with Crippen LogP contribution in [0, 0.1) is 0 Å². The average Bonchev–Trinajstić information content (AvgIpc) is 3.17. The fourth-order valence-corrected chi connectivity index (χ4v) is 4.10. The highest BCUT2D eigenvalue weighted by molar-refractivity contribution is 5.77. The van der Waals surface area contributed by atoms with Gasteiger partial charge in [-0.25, -0.2) is 0 Å². The lowest BCUT2D eigenvalue weighted by molar-refractivity contribution is -0.134. The Kier molecular flexibility index (Phi) is 10.4. The Bertz CT molecular complexity index is 520. The molecule has 0 radical (unpaired) electrons. The largest absolute Gasteiger partial charge is 0.393 e. The Labute approximate surface area is 165 Å². The van der Waals surface area contributed by atoms with Gasteiger partial charge in [-0.2, -0.15) is 0 Å². The Balaban J connectivity index is 1.60. The van der Waals surface area contributed by atoms with E-state index in [9.17, 15) is 9.90 Å². The molecule has 0 unspecified atom stereocenters. The van der Waals surface area contributed by atoms with Gasteiger partial charge in [0.2, 0.25) is 5.91 Å². The minimum Gasteiger partial charge on any atom is -0.393 e. The minimum absolute atomic E-state index is 0.0878. The van der Waals surface area contributed by atoms with Crippen molar-refractivity contribution in [2.24, 2.45) is 0 Å². The van der Waals surface area contributed by atoms with Crippen LogP contribution in [0.2, 0.25) is 0 Å². The summed E-state index contributed by atoms with van der Waals surface area (Å²) in [4.78, 5) is 18.8. The average molecular weight is 375 g/mol. The van der Waals surface area contributed by atoms with Gasteiger partial charge in [0.05, 0.1) is 18.6 Å². The van der Waals surface area contributed by atoms with Gasteiger partial charge in [-0.05, 0) is 30.9 Å². The first-order chi connectivity index (χ1) is 13.2. The highest BCUT2D eigenvalue weighted by Gasteiger charge is 2.30. The number of pyridine rings is 1. The number of likely N-dealkylation sites (tertiary alicyclic amines) is 1. The fraction of sp³-hybridized carbons (Fsp3) is 0.739. The summed E-state index contributed by atoms with van der Waals surface area (Å²) in [6.07, 6.45) is 17.6. The number of hydrogen-bond donors (Lipinski definition) is 1. The van der Waals surface area contributed by atoms with Crippen LogP contribution in [0.5, 0.6) is 0 Å². The summed E-state index contributed by atoms with van der Waals surface area (Å²) in [6, 6.07) is 4.10. The molecule has 4 heteroatoms. The Morgan fingerprint density at radius 3 is 2.56 bits per heavy atom. The van der Waals surface area contributed by atoms with Crippen LogP contribution in [0.25, 0.3) is 0 Å². The van der Waals surface area contributed by atoms with E-state index in [1.54, 1.807) is 6.20 Å². The van der Waals surface area contributed by atoms with Crippen molar-refractivity contribution in [3.8, 4) is 0 Å². The molecule has 4 nitrogen and oxygen atoms in total. The maximum Gasteiger partial charge on any atom is 0.225 e. The van der Waals surface area contributed by atoms with E-state index in [1.807, 2.05) is 23.2 Å². The lowest BCUT2D eigenvalue weighted by atomic mass is 10.0. The number of carbonyl (C=O) groups excluding carboxylic acids is 1. The molecular weight excluding hydrogens is 336 g/mol. The smallest absolute Gasteiger partial charge is 0.225 e. The molecule has 2 atom stereocenters. The third-order valence-electron chi connectivity index (χ3n) is 5.69. The van der Waals surface area contributed by atoms with Gasteiger partial charge in [0.15, 0.2) is 0 Å². The number of hydrogen-bond acceptors (Lipinski definition) is 3. The zero-order valence-corrected chi connectivity index (χ0v) is 17.1. The van der Waals surface area contributed by atoms with E-state index in [4.69, 9.17) is 0 Å². The van der Waals surface area contributed by atoms with Gasteiger partial charge in [-0.3, -0.25) is 9.78 Å². The highest BCUT2D eigenvalue weighted by Crippen LogP contribution is 2.32. The van der Waals surface area contributed by atoms with Crippen LogP contribution in [0.4, 0.5) is 0 Å². The van der Waals surface area contributed by atoms with Crippen LogP contribution in [0.15, 0.2) is 24.5 Å². The molecule has 1 N–H and O–H groups in total. The van der Waals surface area contributed by atoms with Crippen LogP contribution in [-0.4, -0.2) is 33.5 Å². The second-order valence-corrected chi connectivity index (χ2v) is 8.01. The van der Waals surface area contributed by atoms with Gasteiger partial charge in [0.1, 0.15) is 0 Å². The van der Waals surface area contributed by atoms with Crippen LogP contribution >= 0.6 is 0 Å². The van der Waals surface area contributed by atoms with Gasteiger partial charge >= 0.3 is 0 Å². The number of rotatable bonds is 13. The summed E-state index contributed by atoms with van der Waals surface area (Å²) >= 11 is 0. The molecule has 152 valence electrons. The van der Waals surface area contributed by atoms with E-state index in [0.29, 0.717) is 0 Å². The van der Waals surface area contributed by atoms with Crippen LogP contribution < -0.4 is 0 Å². The summed E-state index contributed by atoms with van der Waals surface area (Å²) in [5.41, 5.74) is 1.11. The maximum atomic E-state index is 12.6. The lowest BCUT2D eigenvalue weighted by Gasteiger charge is -2.26. The van der Waals surface area contributed by atoms with Gasteiger partial charge < -0.3 is 10.0 Å². The number of amides is 1. The predicted molar refractivity (Wildman–Crippen MR) is 110 cm³/mol. The topological polar surface area (TPSA) is 53.4 Å². The lowest BCUT2D eigenvalue weighted by Crippen LogP contribution is -2.33. The van der Waals surface area contributed by atoms with E-state index in [2.05, 4.69) is 11.9 Å². The molecule has 1 amide bonds. The zero-order valence-electron chi connectivity index (χ0n) is 17.1. The van der Waals surface area contributed by atoms with Crippen LogP contribution in [-0.2, 0) is 4.79 Å². The standard InChI is InChI=1S/C23H38N2O2/c1-2-3-4-5-6-7-8-9-10-14-21(26)18-23(27)25-17-12-15-22(25)20-13-11-16-24-19-20/h11,13,16,19,21-22,26H,2-10,12,14-15,17-18H2,1H3/t21-,22-/m0/s1. The first-order valence-electron chi connectivity index (χ1n) is 11.1. The SMILES string of the molecule is CCCCCCCCCCC[C@H](O)CC(=O)N1CCC[C@H]1c1cccnc1. The maximum absolute atomic E-state index is 12.6. The molecule has 0 aromatic carbocycles. The van der Waals surface area contributed by atoms with E-state index < -0.39 is 6.10 Å². The molecule has 1 aromatic rings. The Morgan fingerprint density at radius 1 is 1.19 bits per heavy atom. The van der Waals surface area contributed by atoms with Gasteiger partial charge in [-0.15, -0.1) is 0 Å². The normalized spacial score (nSPS) is 18.0. The summed E-state index contributed by atoms with van der Waals surface area (Å²) in [7, 11) is 0.